The number of aromatic carboxylic acids is 1. The topological polar surface area (TPSA) is 49.3 Å². The van der Waals surface area contributed by atoms with E-state index in [4.69, 9.17) is 16.7 Å². The third kappa shape index (κ3) is 3.28. The van der Waals surface area contributed by atoms with Crippen molar-refractivity contribution in [1.29, 1.82) is 0 Å². The highest BCUT2D eigenvalue weighted by molar-refractivity contribution is 9.10. The van der Waals surface area contributed by atoms with Gasteiger partial charge in [0, 0.05) is 15.2 Å². The van der Waals surface area contributed by atoms with Crippen molar-refractivity contribution >= 4 is 44.9 Å². The normalized spacial score (nSPS) is 10.3. The highest BCUT2D eigenvalue weighted by Crippen LogP contribution is 2.30. The zero-order chi connectivity index (χ0) is 14.0. The van der Waals surface area contributed by atoms with Gasteiger partial charge < -0.3 is 10.4 Å². The van der Waals surface area contributed by atoms with E-state index in [-0.39, 0.29) is 5.56 Å². The zero-order valence-electron chi connectivity index (χ0n) is 10.1. The van der Waals surface area contributed by atoms with Gasteiger partial charge in [-0.1, -0.05) is 11.6 Å². The summed E-state index contributed by atoms with van der Waals surface area (Å²) in [7, 11) is 0. The van der Waals surface area contributed by atoms with Crippen molar-refractivity contribution in [2.45, 2.75) is 6.92 Å². The molecule has 0 amide bonds. The number of carboxylic acids is 1. The van der Waals surface area contributed by atoms with E-state index in [1.165, 1.54) is 0 Å². The Morgan fingerprint density at radius 1 is 1.21 bits per heavy atom. The van der Waals surface area contributed by atoms with E-state index >= 15 is 0 Å². The third-order valence-corrected chi connectivity index (χ3v) is 3.57. The zero-order valence-corrected chi connectivity index (χ0v) is 12.4. The minimum Gasteiger partial charge on any atom is -0.478 e. The van der Waals surface area contributed by atoms with Gasteiger partial charge in [0.2, 0.25) is 0 Å². The van der Waals surface area contributed by atoms with Crippen LogP contribution in [0.3, 0.4) is 0 Å². The minimum atomic E-state index is -0.928. The highest BCUT2D eigenvalue weighted by Gasteiger charge is 2.07. The van der Waals surface area contributed by atoms with Crippen molar-refractivity contribution in [3.8, 4) is 0 Å². The highest BCUT2D eigenvalue weighted by atomic mass is 79.9. The average Bonchev–Trinajstić information content (AvgIpc) is 2.34. The molecule has 2 aromatic carbocycles. The maximum absolute atomic E-state index is 10.9. The first-order valence-electron chi connectivity index (χ1n) is 5.53. The van der Waals surface area contributed by atoms with Gasteiger partial charge in [0.1, 0.15) is 0 Å². The van der Waals surface area contributed by atoms with Crippen LogP contribution in [0.25, 0.3) is 0 Å². The van der Waals surface area contributed by atoms with Gasteiger partial charge in [-0.25, -0.2) is 4.79 Å². The molecule has 0 aliphatic rings. The van der Waals surface area contributed by atoms with E-state index in [1.807, 2.05) is 13.0 Å². The third-order valence-electron chi connectivity index (χ3n) is 2.67. The summed E-state index contributed by atoms with van der Waals surface area (Å²) in [5.74, 6) is -0.928. The molecule has 5 heteroatoms. The molecule has 0 aromatic heterocycles. The molecule has 0 saturated carbocycles. The van der Waals surface area contributed by atoms with Crippen molar-refractivity contribution < 1.29 is 9.90 Å². The van der Waals surface area contributed by atoms with Gasteiger partial charge in [-0.15, -0.1) is 0 Å². The molecular weight excluding hydrogens is 330 g/mol. The molecule has 98 valence electrons. The van der Waals surface area contributed by atoms with Gasteiger partial charge in [-0.2, -0.15) is 0 Å². The summed E-state index contributed by atoms with van der Waals surface area (Å²) < 4.78 is 0.849. The molecular formula is C14H11BrClNO2. The molecule has 0 heterocycles. The Morgan fingerprint density at radius 2 is 1.89 bits per heavy atom. The number of aryl methyl sites for hydroxylation is 1. The summed E-state index contributed by atoms with van der Waals surface area (Å²) in [6, 6.07) is 10.4. The summed E-state index contributed by atoms with van der Waals surface area (Å²) in [6.45, 7) is 1.86. The summed E-state index contributed by atoms with van der Waals surface area (Å²) in [4.78, 5) is 10.9. The fraction of sp³-hybridized carbons (Fsp3) is 0.0714. The number of nitrogens with one attached hydrogen (secondary N) is 1. The molecule has 19 heavy (non-hydrogen) atoms. The van der Waals surface area contributed by atoms with Crippen molar-refractivity contribution in [2.24, 2.45) is 0 Å². The van der Waals surface area contributed by atoms with Crippen molar-refractivity contribution in [3.05, 3.63) is 57.0 Å². The van der Waals surface area contributed by atoms with Crippen LogP contribution in [0.2, 0.25) is 5.02 Å². The maximum Gasteiger partial charge on any atom is 0.335 e. The molecule has 0 fully saturated rings. The Kier molecular flexibility index (Phi) is 4.12. The lowest BCUT2D eigenvalue weighted by atomic mass is 10.1. The Balaban J connectivity index is 2.31. The second-order valence-electron chi connectivity index (χ2n) is 4.08. The average molecular weight is 341 g/mol. The maximum atomic E-state index is 10.9. The van der Waals surface area contributed by atoms with Gasteiger partial charge in [0.15, 0.2) is 0 Å². The Hall–Kier alpha value is -1.52. The Morgan fingerprint density at radius 3 is 2.47 bits per heavy atom. The van der Waals surface area contributed by atoms with Crippen LogP contribution in [0.1, 0.15) is 15.9 Å². The molecule has 0 aliphatic heterocycles. The Bertz CT molecular complexity index is 643. The summed E-state index contributed by atoms with van der Waals surface area (Å²) in [5.41, 5.74) is 2.86. The Labute approximate surface area is 124 Å². The van der Waals surface area contributed by atoms with Gasteiger partial charge in [0.25, 0.3) is 0 Å². The van der Waals surface area contributed by atoms with E-state index in [9.17, 15) is 4.79 Å². The van der Waals surface area contributed by atoms with Crippen LogP contribution in [-0.4, -0.2) is 11.1 Å². The van der Waals surface area contributed by atoms with Crippen molar-refractivity contribution in [1.82, 2.24) is 0 Å². The molecule has 3 nitrogen and oxygen atoms in total. The standard InChI is InChI=1S/C14H11BrClNO2/c1-8-6-9(14(18)19)2-4-12(8)17-13-5-3-10(16)7-11(13)15/h2-7,17H,1H3,(H,18,19). The molecule has 0 unspecified atom stereocenters. The lowest BCUT2D eigenvalue weighted by Gasteiger charge is -2.12. The number of carboxylic acid groups (broad SMARTS) is 1. The second kappa shape index (κ2) is 5.63. The van der Waals surface area contributed by atoms with E-state index < -0.39 is 5.97 Å². The van der Waals surface area contributed by atoms with Crippen LogP contribution in [0.5, 0.6) is 0 Å². The van der Waals surface area contributed by atoms with E-state index in [0.717, 1.165) is 21.4 Å². The van der Waals surface area contributed by atoms with E-state index in [0.29, 0.717) is 5.02 Å². The molecule has 2 aromatic rings. The van der Waals surface area contributed by atoms with Gasteiger partial charge in [0.05, 0.1) is 11.3 Å². The lowest BCUT2D eigenvalue weighted by Crippen LogP contribution is -1.99. The molecule has 0 bridgehead atoms. The molecule has 0 radical (unpaired) electrons. The molecule has 0 saturated heterocycles. The fourth-order valence-electron chi connectivity index (χ4n) is 1.67. The van der Waals surface area contributed by atoms with Crippen LogP contribution in [0.15, 0.2) is 40.9 Å². The number of carbonyl (C=O) groups is 1. The van der Waals surface area contributed by atoms with E-state index in [1.54, 1.807) is 30.3 Å². The van der Waals surface area contributed by atoms with Gasteiger partial charge >= 0.3 is 5.97 Å². The number of hydrogen-bond donors (Lipinski definition) is 2. The minimum absolute atomic E-state index is 0.276. The number of anilines is 2. The number of benzene rings is 2. The SMILES string of the molecule is Cc1cc(C(=O)O)ccc1Nc1ccc(Cl)cc1Br. The summed E-state index contributed by atoms with van der Waals surface area (Å²) >= 11 is 9.31. The fourth-order valence-corrected chi connectivity index (χ4v) is 2.45. The van der Waals surface area contributed by atoms with Crippen LogP contribution in [0, 0.1) is 6.92 Å². The molecule has 0 aliphatic carbocycles. The second-order valence-corrected chi connectivity index (χ2v) is 5.37. The van der Waals surface area contributed by atoms with Crippen molar-refractivity contribution in [2.75, 3.05) is 5.32 Å². The molecule has 2 N–H and O–H groups in total. The van der Waals surface area contributed by atoms with Crippen molar-refractivity contribution in [3.63, 3.8) is 0 Å². The van der Waals surface area contributed by atoms with E-state index in [2.05, 4.69) is 21.2 Å². The van der Waals surface area contributed by atoms with Crippen LogP contribution in [-0.2, 0) is 0 Å². The van der Waals surface area contributed by atoms with Gasteiger partial charge in [-0.05, 0) is 64.8 Å². The molecule has 2 rings (SSSR count). The van der Waals surface area contributed by atoms with Crippen LogP contribution < -0.4 is 5.32 Å². The first-order chi connectivity index (χ1) is 8.97. The number of halogens is 2. The first-order valence-corrected chi connectivity index (χ1v) is 6.70. The molecule has 0 spiro atoms. The smallest absolute Gasteiger partial charge is 0.335 e. The quantitative estimate of drug-likeness (QED) is 0.839. The number of rotatable bonds is 3. The van der Waals surface area contributed by atoms with Crippen LogP contribution in [0.4, 0.5) is 11.4 Å². The van der Waals surface area contributed by atoms with Gasteiger partial charge in [-0.3, -0.25) is 0 Å². The summed E-state index contributed by atoms with van der Waals surface area (Å²) in [6.07, 6.45) is 0. The molecule has 0 atom stereocenters. The number of hydrogen-bond acceptors (Lipinski definition) is 2. The monoisotopic (exact) mass is 339 g/mol. The lowest BCUT2D eigenvalue weighted by molar-refractivity contribution is 0.0697. The largest absolute Gasteiger partial charge is 0.478 e. The first kappa shape index (κ1) is 13.9. The predicted octanol–water partition coefficient (Wildman–Crippen LogP) is 4.85. The predicted molar refractivity (Wildman–Crippen MR) is 80.6 cm³/mol. The van der Waals surface area contributed by atoms with Crippen LogP contribution >= 0.6 is 27.5 Å². The summed E-state index contributed by atoms with van der Waals surface area (Å²) in [5, 5.41) is 12.8.